The van der Waals surface area contributed by atoms with Gasteiger partial charge in [-0.1, -0.05) is 19.9 Å². The van der Waals surface area contributed by atoms with Crippen LogP contribution in [0.3, 0.4) is 0 Å². The molecule has 1 aromatic heterocycles. The molecule has 1 aromatic carbocycles. The molecule has 2 heterocycles. The van der Waals surface area contributed by atoms with Gasteiger partial charge in [0.05, 0.1) is 21.9 Å². The Labute approximate surface area is 149 Å². The van der Waals surface area contributed by atoms with E-state index in [0.717, 1.165) is 26.2 Å². The van der Waals surface area contributed by atoms with Crippen LogP contribution in [0.25, 0.3) is 5.70 Å². The van der Waals surface area contributed by atoms with Crippen molar-refractivity contribution in [3.8, 4) is 0 Å². The number of likely N-dealkylation sites (N-methyl/N-ethyl adjacent to an activating group) is 1. The number of hydrogen-bond acceptors (Lipinski definition) is 4. The molecule has 0 fully saturated rings. The highest BCUT2D eigenvalue weighted by atomic mass is 32.1. The first kappa shape index (κ1) is 17.1. The third kappa shape index (κ3) is 3.50. The summed E-state index contributed by atoms with van der Waals surface area (Å²) in [6.07, 6.45) is 2.27. The number of rotatable bonds is 6. The van der Waals surface area contributed by atoms with Gasteiger partial charge in [0.2, 0.25) is 0 Å². The quantitative estimate of drug-likeness (QED) is 0.803. The first-order valence-corrected chi connectivity index (χ1v) is 9.63. The molecule has 0 unspecified atom stereocenters. The fraction of sp³-hybridized carbons (Fsp3) is 0.400. The molecule has 1 aliphatic heterocycles. The molecule has 1 N–H and O–H groups in total. The van der Waals surface area contributed by atoms with Crippen LogP contribution in [0.15, 0.2) is 35.8 Å². The predicted molar refractivity (Wildman–Crippen MR) is 107 cm³/mol. The second-order valence-electron chi connectivity index (χ2n) is 6.32. The Kier molecular flexibility index (Phi) is 5.27. The van der Waals surface area contributed by atoms with Crippen molar-refractivity contribution in [3.63, 3.8) is 0 Å². The number of nitrogens with one attached hydrogen (secondary N) is 1. The summed E-state index contributed by atoms with van der Waals surface area (Å²) >= 11 is 1.78. The molecular weight excluding hydrogens is 314 g/mol. The zero-order valence-electron chi connectivity index (χ0n) is 15.1. The molecule has 24 heavy (non-hydrogen) atoms. The van der Waals surface area contributed by atoms with E-state index in [4.69, 9.17) is 0 Å². The number of aryl methyl sites for hydroxylation is 2. The summed E-state index contributed by atoms with van der Waals surface area (Å²) in [6.45, 7) is 13.1. The van der Waals surface area contributed by atoms with Crippen LogP contribution in [0, 0.1) is 13.8 Å². The van der Waals surface area contributed by atoms with E-state index in [1.54, 1.807) is 11.3 Å². The Morgan fingerprint density at radius 3 is 2.54 bits per heavy atom. The van der Waals surface area contributed by atoms with Crippen molar-refractivity contribution in [2.45, 2.75) is 27.7 Å². The van der Waals surface area contributed by atoms with Gasteiger partial charge in [-0.2, -0.15) is 0 Å². The largest absolute Gasteiger partial charge is 0.351 e. The molecular formula is C20H27N3S. The molecule has 1 aliphatic rings. The lowest BCUT2D eigenvalue weighted by molar-refractivity contribution is 0.312. The molecule has 0 aliphatic carbocycles. The maximum Gasteiger partial charge on any atom is 0.0724 e. The second-order valence-corrected chi connectivity index (χ2v) is 7.27. The molecule has 128 valence electrons. The summed E-state index contributed by atoms with van der Waals surface area (Å²) < 4.78 is 0. The van der Waals surface area contributed by atoms with Gasteiger partial charge in [-0.05, 0) is 61.6 Å². The molecule has 0 saturated carbocycles. The highest BCUT2D eigenvalue weighted by Gasteiger charge is 2.20. The molecule has 2 aromatic rings. The van der Waals surface area contributed by atoms with Crippen LogP contribution < -0.4 is 10.2 Å². The van der Waals surface area contributed by atoms with Crippen LogP contribution in [0.5, 0.6) is 0 Å². The number of hydrogen-bond donors (Lipinski definition) is 1. The van der Waals surface area contributed by atoms with Gasteiger partial charge in [0, 0.05) is 19.3 Å². The van der Waals surface area contributed by atoms with Gasteiger partial charge < -0.3 is 15.1 Å². The highest BCUT2D eigenvalue weighted by Crippen LogP contribution is 2.37. The number of benzene rings is 1. The van der Waals surface area contributed by atoms with Crippen molar-refractivity contribution >= 4 is 28.4 Å². The highest BCUT2D eigenvalue weighted by molar-refractivity contribution is 7.11. The van der Waals surface area contributed by atoms with Crippen LogP contribution in [0.1, 0.15) is 29.9 Å². The number of anilines is 2. The maximum absolute atomic E-state index is 3.63. The summed E-state index contributed by atoms with van der Waals surface area (Å²) in [5, 5.41) is 5.76. The van der Waals surface area contributed by atoms with E-state index in [0.29, 0.717) is 0 Å². The number of thiophene rings is 1. The summed E-state index contributed by atoms with van der Waals surface area (Å²) in [5.74, 6) is 0. The van der Waals surface area contributed by atoms with Crippen LogP contribution in [0.4, 0.5) is 11.4 Å². The third-order valence-corrected chi connectivity index (χ3v) is 5.72. The van der Waals surface area contributed by atoms with Crippen LogP contribution >= 0.6 is 11.3 Å². The zero-order valence-corrected chi connectivity index (χ0v) is 15.9. The van der Waals surface area contributed by atoms with Crippen molar-refractivity contribution < 1.29 is 0 Å². The Morgan fingerprint density at radius 2 is 1.88 bits per heavy atom. The first-order valence-electron chi connectivity index (χ1n) is 8.75. The summed E-state index contributed by atoms with van der Waals surface area (Å²) in [7, 11) is 0. The van der Waals surface area contributed by atoms with E-state index in [9.17, 15) is 0 Å². The lowest BCUT2D eigenvalue weighted by Gasteiger charge is -2.32. The smallest absolute Gasteiger partial charge is 0.0724 e. The van der Waals surface area contributed by atoms with Gasteiger partial charge in [0.25, 0.3) is 0 Å². The maximum atomic E-state index is 3.63. The van der Waals surface area contributed by atoms with Gasteiger partial charge in [0.15, 0.2) is 0 Å². The lowest BCUT2D eigenvalue weighted by Crippen LogP contribution is -2.34. The van der Waals surface area contributed by atoms with Gasteiger partial charge in [0.1, 0.15) is 0 Å². The van der Waals surface area contributed by atoms with Crippen molar-refractivity contribution in [2.75, 3.05) is 36.4 Å². The van der Waals surface area contributed by atoms with E-state index < -0.39 is 0 Å². The molecule has 4 heteroatoms. The van der Waals surface area contributed by atoms with Crippen molar-refractivity contribution in [1.29, 1.82) is 0 Å². The van der Waals surface area contributed by atoms with Gasteiger partial charge in [-0.3, -0.25) is 0 Å². The topological polar surface area (TPSA) is 18.5 Å². The van der Waals surface area contributed by atoms with Gasteiger partial charge >= 0.3 is 0 Å². The van der Waals surface area contributed by atoms with Crippen LogP contribution in [-0.2, 0) is 0 Å². The SMILES string of the molecule is CCN(CC)CCN1C=C(c2cccs2)Nc2cc(C)c(C)cc21. The standard InChI is InChI=1S/C20H27N3S/c1-5-22(6-2)9-10-23-14-18(20-8-7-11-24-20)21-17-12-15(3)16(4)13-19(17)23/h7-8,11-14,21H,5-6,9-10H2,1-4H3. The predicted octanol–water partition coefficient (Wildman–Crippen LogP) is 4.94. The molecule has 0 spiro atoms. The first-order chi connectivity index (χ1) is 11.6. The summed E-state index contributed by atoms with van der Waals surface area (Å²) in [5.41, 5.74) is 6.36. The fourth-order valence-electron chi connectivity index (χ4n) is 3.07. The van der Waals surface area contributed by atoms with Crippen molar-refractivity contribution in [2.24, 2.45) is 0 Å². The molecule has 0 saturated heterocycles. The van der Waals surface area contributed by atoms with E-state index in [-0.39, 0.29) is 0 Å². The molecule has 3 rings (SSSR count). The molecule has 3 nitrogen and oxygen atoms in total. The van der Waals surface area contributed by atoms with E-state index in [1.807, 2.05) is 0 Å². The number of nitrogens with zero attached hydrogens (tertiary/aromatic N) is 2. The average Bonchev–Trinajstić information content (AvgIpc) is 3.11. The Bertz CT molecular complexity index is 715. The Hall–Kier alpha value is -1.78. The zero-order chi connectivity index (χ0) is 17.1. The fourth-order valence-corrected chi connectivity index (χ4v) is 3.76. The second kappa shape index (κ2) is 7.41. The van der Waals surface area contributed by atoms with Gasteiger partial charge in [-0.15, -0.1) is 11.3 Å². The monoisotopic (exact) mass is 341 g/mol. The molecule has 0 atom stereocenters. The molecule has 0 amide bonds. The molecule has 0 radical (unpaired) electrons. The Balaban J connectivity index is 1.92. The normalized spacial score (nSPS) is 13.7. The Morgan fingerprint density at radius 1 is 1.12 bits per heavy atom. The average molecular weight is 342 g/mol. The van der Waals surface area contributed by atoms with E-state index >= 15 is 0 Å². The third-order valence-electron chi connectivity index (χ3n) is 4.81. The summed E-state index contributed by atoms with van der Waals surface area (Å²) in [6, 6.07) is 8.87. The summed E-state index contributed by atoms with van der Waals surface area (Å²) in [4.78, 5) is 6.17. The molecule has 0 bridgehead atoms. The van der Waals surface area contributed by atoms with Crippen molar-refractivity contribution in [1.82, 2.24) is 4.90 Å². The number of fused-ring (bicyclic) bond motifs is 1. The van der Waals surface area contributed by atoms with Gasteiger partial charge in [-0.25, -0.2) is 0 Å². The minimum Gasteiger partial charge on any atom is -0.351 e. The van der Waals surface area contributed by atoms with Crippen LogP contribution in [-0.4, -0.2) is 31.1 Å². The van der Waals surface area contributed by atoms with E-state index in [1.165, 1.54) is 33.1 Å². The minimum atomic E-state index is 1.01. The van der Waals surface area contributed by atoms with Crippen LogP contribution in [0.2, 0.25) is 0 Å². The van der Waals surface area contributed by atoms with E-state index in [2.05, 4.69) is 78.7 Å². The van der Waals surface area contributed by atoms with Crippen molar-refractivity contribution in [3.05, 3.63) is 51.8 Å². The lowest BCUT2D eigenvalue weighted by atomic mass is 10.1. The minimum absolute atomic E-state index is 1.01.